The van der Waals surface area contributed by atoms with Crippen molar-refractivity contribution in [3.8, 4) is 0 Å². The van der Waals surface area contributed by atoms with Gasteiger partial charge in [0.15, 0.2) is 5.82 Å². The van der Waals surface area contributed by atoms with Gasteiger partial charge in [-0.05, 0) is 28.1 Å². The van der Waals surface area contributed by atoms with Crippen LogP contribution in [0.3, 0.4) is 0 Å². The lowest BCUT2D eigenvalue weighted by Gasteiger charge is -2.00. The second-order valence-corrected chi connectivity index (χ2v) is 6.57. The summed E-state index contributed by atoms with van der Waals surface area (Å²) in [6, 6.07) is 7.92. The van der Waals surface area contributed by atoms with Crippen LogP contribution in [0.5, 0.6) is 0 Å². The zero-order chi connectivity index (χ0) is 14.4. The monoisotopic (exact) mass is 374 g/mol. The summed E-state index contributed by atoms with van der Waals surface area (Å²) in [6.45, 7) is 0. The fraction of sp³-hybridized carbons (Fsp3) is 0.250. The van der Waals surface area contributed by atoms with E-state index in [-0.39, 0.29) is 5.75 Å². The summed E-state index contributed by atoms with van der Waals surface area (Å²) < 4.78 is 6.10. The van der Waals surface area contributed by atoms with E-state index < -0.39 is 5.97 Å². The van der Waals surface area contributed by atoms with E-state index >= 15 is 0 Å². The molecule has 1 aromatic heterocycles. The first-order valence-electron chi connectivity index (χ1n) is 5.63. The third-order valence-electron chi connectivity index (χ3n) is 2.15. The summed E-state index contributed by atoms with van der Waals surface area (Å²) in [5.41, 5.74) is 0. The van der Waals surface area contributed by atoms with Gasteiger partial charge in [-0.2, -0.15) is 4.98 Å². The summed E-state index contributed by atoms with van der Waals surface area (Å²) in [5.74, 6) is 1.27. The molecule has 0 amide bonds. The average molecular weight is 375 g/mol. The first kappa shape index (κ1) is 15.4. The zero-order valence-corrected chi connectivity index (χ0v) is 13.5. The van der Waals surface area contributed by atoms with Gasteiger partial charge in [0.1, 0.15) is 0 Å². The molecule has 0 aliphatic rings. The van der Waals surface area contributed by atoms with E-state index in [2.05, 4.69) is 26.1 Å². The first-order chi connectivity index (χ1) is 9.65. The standard InChI is InChI=1S/C12H11BrN2O3S2/c13-8-3-1-2-4-9(8)20-5-10-14-11(18-15-10)6-19-7-12(16)17/h1-4H,5-7H2,(H,16,17). The fourth-order valence-corrected chi connectivity index (χ4v) is 3.32. The van der Waals surface area contributed by atoms with Crippen LogP contribution in [0.4, 0.5) is 0 Å². The second kappa shape index (κ2) is 7.70. The number of carboxylic acid groups (broad SMARTS) is 1. The molecule has 1 aromatic carbocycles. The minimum atomic E-state index is -0.848. The Hall–Kier alpha value is -0.990. The molecule has 5 nitrogen and oxygen atoms in total. The van der Waals surface area contributed by atoms with Gasteiger partial charge in [-0.1, -0.05) is 17.3 Å². The molecule has 0 radical (unpaired) electrons. The maximum atomic E-state index is 10.4. The van der Waals surface area contributed by atoms with Crippen molar-refractivity contribution in [2.45, 2.75) is 16.4 Å². The van der Waals surface area contributed by atoms with Gasteiger partial charge in [0.25, 0.3) is 0 Å². The maximum Gasteiger partial charge on any atom is 0.313 e. The van der Waals surface area contributed by atoms with E-state index in [1.807, 2.05) is 24.3 Å². The Balaban J connectivity index is 1.84. The highest BCUT2D eigenvalue weighted by atomic mass is 79.9. The van der Waals surface area contributed by atoms with Crippen LogP contribution >= 0.6 is 39.5 Å². The molecule has 0 unspecified atom stereocenters. The Kier molecular flexibility index (Phi) is 5.93. The van der Waals surface area contributed by atoms with Gasteiger partial charge < -0.3 is 9.63 Å². The summed E-state index contributed by atoms with van der Waals surface area (Å²) >= 11 is 6.32. The van der Waals surface area contributed by atoms with E-state index in [4.69, 9.17) is 9.63 Å². The number of halogens is 1. The molecular weight excluding hydrogens is 364 g/mol. The van der Waals surface area contributed by atoms with Crippen LogP contribution in [0.2, 0.25) is 0 Å². The van der Waals surface area contributed by atoms with Gasteiger partial charge in [0.05, 0.1) is 17.3 Å². The lowest BCUT2D eigenvalue weighted by molar-refractivity contribution is -0.133. The molecule has 8 heteroatoms. The van der Waals surface area contributed by atoms with Crippen molar-refractivity contribution < 1.29 is 14.4 Å². The number of rotatable bonds is 7. The number of thioether (sulfide) groups is 2. The van der Waals surface area contributed by atoms with Crippen LogP contribution in [-0.4, -0.2) is 27.0 Å². The van der Waals surface area contributed by atoms with E-state index in [0.717, 1.165) is 9.37 Å². The minimum Gasteiger partial charge on any atom is -0.481 e. The normalized spacial score (nSPS) is 10.7. The lowest BCUT2D eigenvalue weighted by atomic mass is 10.4. The maximum absolute atomic E-state index is 10.4. The largest absolute Gasteiger partial charge is 0.481 e. The third kappa shape index (κ3) is 4.84. The van der Waals surface area contributed by atoms with Gasteiger partial charge in [-0.3, -0.25) is 4.79 Å². The molecule has 106 valence electrons. The highest BCUT2D eigenvalue weighted by molar-refractivity contribution is 9.10. The number of hydrogen-bond donors (Lipinski definition) is 1. The first-order valence-corrected chi connectivity index (χ1v) is 8.57. The molecule has 0 saturated heterocycles. The van der Waals surface area contributed by atoms with Crippen molar-refractivity contribution in [1.82, 2.24) is 10.1 Å². The summed E-state index contributed by atoms with van der Waals surface area (Å²) in [4.78, 5) is 15.7. The van der Waals surface area contributed by atoms with Gasteiger partial charge in [0.2, 0.25) is 5.89 Å². The lowest BCUT2D eigenvalue weighted by Crippen LogP contribution is -1.98. The van der Waals surface area contributed by atoms with Crippen molar-refractivity contribution >= 4 is 45.4 Å². The number of aromatic nitrogens is 2. The number of nitrogens with zero attached hydrogens (tertiary/aromatic N) is 2. The molecule has 0 fully saturated rings. The van der Waals surface area contributed by atoms with E-state index in [9.17, 15) is 4.79 Å². The third-order valence-corrected chi connectivity index (χ3v) is 5.08. The van der Waals surface area contributed by atoms with Crippen molar-refractivity contribution in [3.05, 3.63) is 40.5 Å². The Morgan fingerprint density at radius 2 is 2.15 bits per heavy atom. The van der Waals surface area contributed by atoms with Crippen molar-refractivity contribution in [1.29, 1.82) is 0 Å². The second-order valence-electron chi connectivity index (χ2n) is 3.71. The van der Waals surface area contributed by atoms with Crippen molar-refractivity contribution in [2.24, 2.45) is 0 Å². The molecule has 1 N–H and O–H groups in total. The summed E-state index contributed by atoms with van der Waals surface area (Å²) in [7, 11) is 0. The Morgan fingerprint density at radius 1 is 1.35 bits per heavy atom. The SMILES string of the molecule is O=C(O)CSCc1nc(CSc2ccccc2Br)no1. The topological polar surface area (TPSA) is 76.2 Å². The molecule has 20 heavy (non-hydrogen) atoms. The molecule has 0 aliphatic heterocycles. The summed E-state index contributed by atoms with van der Waals surface area (Å²) in [5, 5.41) is 12.4. The number of aliphatic carboxylic acids is 1. The molecule has 2 aromatic rings. The smallest absolute Gasteiger partial charge is 0.313 e. The Morgan fingerprint density at radius 3 is 2.90 bits per heavy atom. The molecule has 0 bridgehead atoms. The van der Waals surface area contributed by atoms with Gasteiger partial charge in [-0.25, -0.2) is 0 Å². The van der Waals surface area contributed by atoms with Gasteiger partial charge in [-0.15, -0.1) is 23.5 Å². The number of hydrogen-bond acceptors (Lipinski definition) is 6. The number of carbonyl (C=O) groups is 1. The molecule has 0 aliphatic carbocycles. The summed E-state index contributed by atoms with van der Waals surface area (Å²) in [6.07, 6.45) is 0. The predicted molar refractivity (Wildman–Crippen MR) is 81.8 cm³/mol. The Bertz CT molecular complexity index is 592. The van der Waals surface area contributed by atoms with Crippen LogP contribution < -0.4 is 0 Å². The van der Waals surface area contributed by atoms with Crippen LogP contribution in [0, 0.1) is 0 Å². The van der Waals surface area contributed by atoms with Crippen LogP contribution in [0.1, 0.15) is 11.7 Å². The van der Waals surface area contributed by atoms with Crippen molar-refractivity contribution in [2.75, 3.05) is 5.75 Å². The van der Waals surface area contributed by atoms with Crippen molar-refractivity contribution in [3.63, 3.8) is 0 Å². The Labute approximate surface area is 132 Å². The molecule has 0 spiro atoms. The van der Waals surface area contributed by atoms with E-state index in [1.165, 1.54) is 11.8 Å². The van der Waals surface area contributed by atoms with Gasteiger partial charge >= 0.3 is 5.97 Å². The molecule has 2 rings (SSSR count). The molecule has 0 saturated carbocycles. The van der Waals surface area contributed by atoms with E-state index in [0.29, 0.717) is 23.2 Å². The highest BCUT2D eigenvalue weighted by Gasteiger charge is 2.09. The number of benzene rings is 1. The highest BCUT2D eigenvalue weighted by Crippen LogP contribution is 2.29. The average Bonchev–Trinajstić information content (AvgIpc) is 2.85. The van der Waals surface area contributed by atoms with Crippen LogP contribution in [0.15, 0.2) is 38.2 Å². The zero-order valence-electron chi connectivity index (χ0n) is 10.3. The molecular formula is C12H11BrN2O3S2. The van der Waals surface area contributed by atoms with Crippen LogP contribution in [0.25, 0.3) is 0 Å². The van der Waals surface area contributed by atoms with E-state index in [1.54, 1.807) is 11.8 Å². The van der Waals surface area contributed by atoms with Gasteiger partial charge in [0, 0.05) is 9.37 Å². The predicted octanol–water partition coefficient (Wildman–Crippen LogP) is 3.44. The molecule has 1 heterocycles. The minimum absolute atomic E-state index is 0.0312. The number of carboxylic acids is 1. The fourth-order valence-electron chi connectivity index (χ4n) is 1.34. The molecule has 0 atom stereocenters. The van der Waals surface area contributed by atoms with Crippen LogP contribution in [-0.2, 0) is 16.3 Å². The quantitative estimate of drug-likeness (QED) is 0.743.